The van der Waals surface area contributed by atoms with Gasteiger partial charge < -0.3 is 15.0 Å². The predicted octanol–water partition coefficient (Wildman–Crippen LogP) is 3.07. The van der Waals surface area contributed by atoms with E-state index in [2.05, 4.69) is 17.4 Å². The molecule has 2 fully saturated rings. The molecule has 0 bridgehead atoms. The maximum absolute atomic E-state index is 12.7. The summed E-state index contributed by atoms with van der Waals surface area (Å²) in [5.74, 6) is 0.0340. The van der Waals surface area contributed by atoms with Crippen molar-refractivity contribution in [3.05, 3.63) is 60.2 Å². The van der Waals surface area contributed by atoms with Gasteiger partial charge in [0.2, 0.25) is 0 Å². The molecule has 0 radical (unpaired) electrons. The second-order valence-corrected chi connectivity index (χ2v) is 6.66. The number of hydrogen-bond donors (Lipinski definition) is 1. The fourth-order valence-electron chi connectivity index (χ4n) is 3.52. The number of carbonyl (C=O) groups excluding carboxylic acids is 2. The molecule has 5 heteroatoms. The summed E-state index contributed by atoms with van der Waals surface area (Å²) in [7, 11) is 0. The van der Waals surface area contributed by atoms with Crippen molar-refractivity contribution in [3.63, 3.8) is 0 Å². The Labute approximate surface area is 146 Å². The van der Waals surface area contributed by atoms with E-state index in [0.717, 1.165) is 11.1 Å². The van der Waals surface area contributed by atoms with Crippen molar-refractivity contribution in [2.75, 3.05) is 19.6 Å². The summed E-state index contributed by atoms with van der Waals surface area (Å²) in [6.07, 6.45) is 1.01. The van der Waals surface area contributed by atoms with Gasteiger partial charge in [0.1, 0.15) is 5.60 Å². The number of alkyl carbamates (subject to hydrolysis) is 1. The Morgan fingerprint density at radius 1 is 0.960 bits per heavy atom. The summed E-state index contributed by atoms with van der Waals surface area (Å²) < 4.78 is 5.40. The van der Waals surface area contributed by atoms with E-state index in [1.54, 1.807) is 0 Å². The lowest BCUT2D eigenvalue weighted by molar-refractivity contribution is 0.00331. The smallest absolute Gasteiger partial charge is 0.407 e. The number of nitrogens with one attached hydrogen (secondary N) is 1. The zero-order chi connectivity index (χ0) is 17.3. The van der Waals surface area contributed by atoms with E-state index in [9.17, 15) is 9.59 Å². The highest BCUT2D eigenvalue weighted by Gasteiger charge is 2.43. The van der Waals surface area contributed by atoms with E-state index < -0.39 is 5.60 Å². The molecule has 0 saturated carbocycles. The zero-order valence-electron chi connectivity index (χ0n) is 13.9. The third-order valence-corrected chi connectivity index (χ3v) is 5.06. The number of hydrogen-bond acceptors (Lipinski definition) is 3. The van der Waals surface area contributed by atoms with Crippen LogP contribution in [-0.4, -0.2) is 42.1 Å². The van der Waals surface area contributed by atoms with Crippen molar-refractivity contribution in [2.24, 2.45) is 0 Å². The quantitative estimate of drug-likeness (QED) is 0.917. The SMILES string of the molecule is O=C1NCC2(CCN(C(=O)c3ccc(-c4ccccc4)cc3)CC2)O1. The summed E-state index contributed by atoms with van der Waals surface area (Å²) in [6.45, 7) is 1.75. The molecule has 2 heterocycles. The van der Waals surface area contributed by atoms with Crippen LogP contribution in [-0.2, 0) is 4.74 Å². The molecule has 2 aliphatic heterocycles. The van der Waals surface area contributed by atoms with Gasteiger partial charge in [-0.3, -0.25) is 4.79 Å². The molecule has 2 saturated heterocycles. The number of nitrogens with zero attached hydrogens (tertiary/aromatic N) is 1. The molecule has 2 amide bonds. The molecule has 0 aromatic heterocycles. The Balaban J connectivity index is 1.42. The molecule has 4 rings (SSSR count). The molecule has 5 nitrogen and oxygen atoms in total. The molecular formula is C20H20N2O3. The molecule has 128 valence electrons. The summed E-state index contributed by atoms with van der Waals surface area (Å²) in [5.41, 5.74) is 2.50. The van der Waals surface area contributed by atoms with Crippen molar-refractivity contribution in [1.29, 1.82) is 0 Å². The van der Waals surface area contributed by atoms with E-state index in [4.69, 9.17) is 4.74 Å². The van der Waals surface area contributed by atoms with Crippen LogP contribution in [0.3, 0.4) is 0 Å². The van der Waals surface area contributed by atoms with E-state index in [0.29, 0.717) is 38.0 Å². The summed E-state index contributed by atoms with van der Waals surface area (Å²) in [6, 6.07) is 17.8. The average molecular weight is 336 g/mol. The molecule has 0 aliphatic carbocycles. The largest absolute Gasteiger partial charge is 0.441 e. The van der Waals surface area contributed by atoms with Crippen LogP contribution in [0.1, 0.15) is 23.2 Å². The standard InChI is InChI=1S/C20H20N2O3/c23-18(22-12-10-20(11-13-22)14-21-19(24)25-20)17-8-6-16(7-9-17)15-4-2-1-3-5-15/h1-9H,10-14H2,(H,21,24). The molecule has 2 aliphatic rings. The minimum Gasteiger partial charge on any atom is -0.441 e. The van der Waals surface area contributed by atoms with Gasteiger partial charge in [0, 0.05) is 31.5 Å². The third kappa shape index (κ3) is 3.09. The highest BCUT2D eigenvalue weighted by atomic mass is 16.6. The van der Waals surface area contributed by atoms with Gasteiger partial charge in [-0.2, -0.15) is 0 Å². The van der Waals surface area contributed by atoms with Gasteiger partial charge in [-0.15, -0.1) is 0 Å². The van der Waals surface area contributed by atoms with Gasteiger partial charge in [-0.25, -0.2) is 4.79 Å². The number of likely N-dealkylation sites (tertiary alicyclic amines) is 1. The Bertz CT molecular complexity index is 778. The van der Waals surface area contributed by atoms with Gasteiger partial charge in [0.15, 0.2) is 0 Å². The van der Waals surface area contributed by atoms with Crippen LogP contribution in [0, 0.1) is 0 Å². The topological polar surface area (TPSA) is 58.6 Å². The molecule has 2 aromatic rings. The maximum Gasteiger partial charge on any atom is 0.407 e. The van der Waals surface area contributed by atoms with Crippen molar-refractivity contribution >= 4 is 12.0 Å². The second kappa shape index (κ2) is 6.24. The van der Waals surface area contributed by atoms with Crippen LogP contribution >= 0.6 is 0 Å². The first-order chi connectivity index (χ1) is 12.2. The number of benzene rings is 2. The number of piperidine rings is 1. The van der Waals surface area contributed by atoms with Crippen LogP contribution in [0.2, 0.25) is 0 Å². The van der Waals surface area contributed by atoms with E-state index in [1.807, 2.05) is 47.4 Å². The van der Waals surface area contributed by atoms with Crippen LogP contribution in [0.25, 0.3) is 11.1 Å². The highest BCUT2D eigenvalue weighted by molar-refractivity contribution is 5.94. The zero-order valence-corrected chi connectivity index (χ0v) is 13.9. The summed E-state index contributed by atoms with van der Waals surface area (Å²) in [5, 5.41) is 2.71. The lowest BCUT2D eigenvalue weighted by Crippen LogP contribution is -2.48. The fraction of sp³-hybridized carbons (Fsp3) is 0.300. The van der Waals surface area contributed by atoms with Gasteiger partial charge in [0.05, 0.1) is 6.54 Å². The van der Waals surface area contributed by atoms with Crippen LogP contribution in [0.4, 0.5) is 4.79 Å². The average Bonchev–Trinajstić information content (AvgIpc) is 3.03. The first kappa shape index (κ1) is 15.7. The maximum atomic E-state index is 12.7. The second-order valence-electron chi connectivity index (χ2n) is 6.66. The molecule has 0 atom stereocenters. The fourth-order valence-corrected chi connectivity index (χ4v) is 3.52. The monoisotopic (exact) mass is 336 g/mol. The first-order valence-corrected chi connectivity index (χ1v) is 8.57. The lowest BCUT2D eigenvalue weighted by Gasteiger charge is -2.37. The Kier molecular flexibility index (Phi) is 3.92. The minimum atomic E-state index is -0.426. The Morgan fingerprint density at radius 2 is 1.60 bits per heavy atom. The van der Waals surface area contributed by atoms with E-state index in [1.165, 1.54) is 0 Å². The molecule has 25 heavy (non-hydrogen) atoms. The Morgan fingerprint density at radius 3 is 2.20 bits per heavy atom. The summed E-state index contributed by atoms with van der Waals surface area (Å²) in [4.78, 5) is 25.8. The minimum absolute atomic E-state index is 0.0340. The molecular weight excluding hydrogens is 316 g/mol. The van der Waals surface area contributed by atoms with Gasteiger partial charge in [0.25, 0.3) is 5.91 Å². The van der Waals surface area contributed by atoms with Gasteiger partial charge in [-0.1, -0.05) is 42.5 Å². The molecule has 2 aromatic carbocycles. The first-order valence-electron chi connectivity index (χ1n) is 8.57. The highest BCUT2D eigenvalue weighted by Crippen LogP contribution is 2.30. The van der Waals surface area contributed by atoms with E-state index in [-0.39, 0.29) is 12.0 Å². The van der Waals surface area contributed by atoms with Crippen molar-refractivity contribution in [3.8, 4) is 11.1 Å². The number of ether oxygens (including phenoxy) is 1. The van der Waals surface area contributed by atoms with Crippen molar-refractivity contribution < 1.29 is 14.3 Å². The van der Waals surface area contributed by atoms with Gasteiger partial charge >= 0.3 is 6.09 Å². The van der Waals surface area contributed by atoms with Crippen molar-refractivity contribution in [2.45, 2.75) is 18.4 Å². The summed E-state index contributed by atoms with van der Waals surface area (Å²) >= 11 is 0. The molecule has 0 unspecified atom stereocenters. The lowest BCUT2D eigenvalue weighted by atomic mass is 9.91. The van der Waals surface area contributed by atoms with Crippen LogP contribution in [0.5, 0.6) is 0 Å². The molecule has 1 spiro atoms. The number of amides is 2. The van der Waals surface area contributed by atoms with Gasteiger partial charge in [-0.05, 0) is 23.3 Å². The number of carbonyl (C=O) groups is 2. The number of rotatable bonds is 2. The van der Waals surface area contributed by atoms with E-state index >= 15 is 0 Å². The van der Waals surface area contributed by atoms with Crippen LogP contribution in [0.15, 0.2) is 54.6 Å². The molecule has 1 N–H and O–H groups in total. The van der Waals surface area contributed by atoms with Crippen LogP contribution < -0.4 is 5.32 Å². The Hall–Kier alpha value is -2.82. The van der Waals surface area contributed by atoms with Crippen molar-refractivity contribution in [1.82, 2.24) is 10.2 Å². The normalized spacial score (nSPS) is 18.7. The predicted molar refractivity (Wildman–Crippen MR) is 94.2 cm³/mol. The third-order valence-electron chi connectivity index (χ3n) is 5.06.